The summed E-state index contributed by atoms with van der Waals surface area (Å²) in [5.41, 5.74) is 4.31. The molecule has 1 fully saturated rings. The lowest BCUT2D eigenvalue weighted by Crippen LogP contribution is -2.31. The Bertz CT molecular complexity index is 1210. The zero-order valence-corrected chi connectivity index (χ0v) is 20.3. The highest BCUT2D eigenvalue weighted by molar-refractivity contribution is 5.78. The Kier molecular flexibility index (Phi) is 7.25. The van der Waals surface area contributed by atoms with Crippen molar-refractivity contribution >= 4 is 12.1 Å². The van der Waals surface area contributed by atoms with Gasteiger partial charge in [0.25, 0.3) is 0 Å². The minimum Gasteiger partial charge on any atom is -0.497 e. The number of amides is 1. The second kappa shape index (κ2) is 10.5. The van der Waals surface area contributed by atoms with Gasteiger partial charge >= 0.3 is 12.1 Å². The quantitative estimate of drug-likeness (QED) is 0.419. The van der Waals surface area contributed by atoms with Crippen molar-refractivity contribution in [3.8, 4) is 22.6 Å². The third kappa shape index (κ3) is 5.09. The maximum atomic E-state index is 12.9. The van der Waals surface area contributed by atoms with E-state index in [9.17, 15) is 9.59 Å². The first-order valence-corrected chi connectivity index (χ1v) is 11.4. The Morgan fingerprint density at radius 3 is 2.40 bits per heavy atom. The smallest absolute Gasteiger partial charge is 0.411 e. The highest BCUT2D eigenvalue weighted by Crippen LogP contribution is 2.38. The monoisotopic (exact) mass is 475 g/mol. The summed E-state index contributed by atoms with van der Waals surface area (Å²) in [6, 6.07) is 20.9. The molecule has 0 aliphatic carbocycles. The molecule has 0 unspecified atom stereocenters. The number of hydrogen-bond acceptors (Lipinski definition) is 6. The average Bonchev–Trinajstić information content (AvgIpc) is 3.17. The van der Waals surface area contributed by atoms with Crippen LogP contribution >= 0.6 is 0 Å². The standard InChI is InChI=1S/C28H29NO6/c1-18-27(20-8-6-5-7-9-20)35-28(31)29(18)17-21-16-22(32-2)11-12-23(21)24-14-19(15-26(30)34-4)10-13-25(24)33-3/h5-14,16,18,27H,15,17H2,1-4H3/t18-,27-/m0/s1. The molecule has 1 heterocycles. The fourth-order valence-corrected chi connectivity index (χ4v) is 4.39. The lowest BCUT2D eigenvalue weighted by Gasteiger charge is -2.23. The van der Waals surface area contributed by atoms with Crippen molar-refractivity contribution in [2.24, 2.45) is 0 Å². The first kappa shape index (κ1) is 24.1. The van der Waals surface area contributed by atoms with Crippen LogP contribution in [0.2, 0.25) is 0 Å². The van der Waals surface area contributed by atoms with Crippen LogP contribution < -0.4 is 9.47 Å². The summed E-state index contributed by atoms with van der Waals surface area (Å²) in [7, 11) is 4.58. The molecule has 3 aromatic rings. The average molecular weight is 476 g/mol. The van der Waals surface area contributed by atoms with E-state index in [1.165, 1.54) is 7.11 Å². The van der Waals surface area contributed by atoms with E-state index in [1.807, 2.05) is 73.7 Å². The zero-order chi connectivity index (χ0) is 24.9. The van der Waals surface area contributed by atoms with Crippen LogP contribution in [0.25, 0.3) is 11.1 Å². The molecule has 7 nitrogen and oxygen atoms in total. The largest absolute Gasteiger partial charge is 0.497 e. The molecule has 0 bridgehead atoms. The van der Waals surface area contributed by atoms with E-state index in [2.05, 4.69) is 0 Å². The molecule has 182 valence electrons. The minimum absolute atomic E-state index is 0.146. The lowest BCUT2D eigenvalue weighted by atomic mass is 9.95. The summed E-state index contributed by atoms with van der Waals surface area (Å²) in [6.45, 7) is 2.31. The first-order chi connectivity index (χ1) is 16.9. The molecule has 0 radical (unpaired) electrons. The van der Waals surface area contributed by atoms with Gasteiger partial charge in [-0.25, -0.2) is 4.79 Å². The second-order valence-corrected chi connectivity index (χ2v) is 8.39. The SMILES string of the molecule is COC(=O)Cc1ccc(OC)c(-c2ccc(OC)cc2CN2C(=O)O[C@H](c3ccccc3)[C@@H]2C)c1. The van der Waals surface area contributed by atoms with Crippen LogP contribution in [0.1, 0.15) is 29.7 Å². The fraction of sp³-hybridized carbons (Fsp3) is 0.286. The summed E-state index contributed by atoms with van der Waals surface area (Å²) in [4.78, 5) is 26.5. The molecular weight excluding hydrogens is 446 g/mol. The fourth-order valence-electron chi connectivity index (χ4n) is 4.39. The summed E-state index contributed by atoms with van der Waals surface area (Å²) in [5.74, 6) is 1.01. The van der Waals surface area contributed by atoms with E-state index >= 15 is 0 Å². The molecule has 0 aromatic heterocycles. The molecule has 3 aromatic carbocycles. The molecular formula is C28H29NO6. The number of rotatable bonds is 8. The van der Waals surface area contributed by atoms with E-state index < -0.39 is 0 Å². The Labute approximate surface area is 205 Å². The molecule has 0 saturated carbocycles. The Morgan fingerprint density at radius 1 is 0.943 bits per heavy atom. The van der Waals surface area contributed by atoms with Crippen LogP contribution in [0, 0.1) is 0 Å². The van der Waals surface area contributed by atoms with E-state index in [4.69, 9.17) is 18.9 Å². The third-order valence-corrected chi connectivity index (χ3v) is 6.30. The number of carbonyl (C=O) groups excluding carboxylic acids is 2. The number of hydrogen-bond donors (Lipinski definition) is 0. The molecule has 0 N–H and O–H groups in total. The van der Waals surface area contributed by atoms with Gasteiger partial charge < -0.3 is 18.9 Å². The maximum Gasteiger partial charge on any atom is 0.411 e. The molecule has 0 spiro atoms. The van der Waals surface area contributed by atoms with Crippen LogP contribution in [0.5, 0.6) is 11.5 Å². The number of ether oxygens (including phenoxy) is 4. The molecule has 1 aliphatic rings. The summed E-state index contributed by atoms with van der Waals surface area (Å²) >= 11 is 0. The molecule has 7 heteroatoms. The number of esters is 1. The van der Waals surface area contributed by atoms with Gasteiger partial charge in [0, 0.05) is 5.56 Å². The van der Waals surface area contributed by atoms with Crippen molar-refractivity contribution in [1.82, 2.24) is 4.90 Å². The van der Waals surface area contributed by atoms with Crippen LogP contribution in [-0.2, 0) is 27.2 Å². The summed E-state index contributed by atoms with van der Waals surface area (Å²) in [5, 5.41) is 0. The van der Waals surface area contributed by atoms with E-state index in [0.717, 1.165) is 27.8 Å². The number of carbonyl (C=O) groups is 2. The van der Waals surface area contributed by atoms with Gasteiger partial charge in [0.1, 0.15) is 17.6 Å². The van der Waals surface area contributed by atoms with Crippen LogP contribution in [0.4, 0.5) is 4.79 Å². The molecule has 4 rings (SSSR count). The molecule has 2 atom stereocenters. The first-order valence-electron chi connectivity index (χ1n) is 11.4. The van der Waals surface area contributed by atoms with Crippen LogP contribution in [0.3, 0.4) is 0 Å². The Balaban J connectivity index is 1.71. The van der Waals surface area contributed by atoms with Crippen molar-refractivity contribution in [3.63, 3.8) is 0 Å². The predicted octanol–water partition coefficient (Wildman–Crippen LogP) is 5.17. The van der Waals surface area contributed by atoms with Crippen LogP contribution in [0.15, 0.2) is 66.7 Å². The van der Waals surface area contributed by atoms with Crippen molar-refractivity contribution in [2.45, 2.75) is 32.0 Å². The predicted molar refractivity (Wildman–Crippen MR) is 131 cm³/mol. The van der Waals surface area contributed by atoms with E-state index in [1.54, 1.807) is 19.1 Å². The molecule has 1 aliphatic heterocycles. The van der Waals surface area contributed by atoms with Crippen molar-refractivity contribution in [3.05, 3.63) is 83.4 Å². The summed E-state index contributed by atoms with van der Waals surface area (Å²) in [6.07, 6.45) is -0.574. The highest BCUT2D eigenvalue weighted by Gasteiger charge is 2.39. The van der Waals surface area contributed by atoms with E-state index in [0.29, 0.717) is 18.0 Å². The highest BCUT2D eigenvalue weighted by atomic mass is 16.6. The minimum atomic E-state index is -0.369. The van der Waals surface area contributed by atoms with Crippen molar-refractivity contribution in [1.29, 1.82) is 0 Å². The zero-order valence-electron chi connectivity index (χ0n) is 20.3. The number of cyclic esters (lactones) is 1. The molecule has 1 saturated heterocycles. The Hall–Kier alpha value is -4.00. The van der Waals surface area contributed by atoms with Gasteiger partial charge in [-0.2, -0.15) is 0 Å². The van der Waals surface area contributed by atoms with Gasteiger partial charge in [0.2, 0.25) is 0 Å². The number of nitrogens with zero attached hydrogens (tertiary/aromatic N) is 1. The Morgan fingerprint density at radius 2 is 1.71 bits per heavy atom. The normalized spacial score (nSPS) is 17.1. The van der Waals surface area contributed by atoms with Gasteiger partial charge in [-0.05, 0) is 53.4 Å². The van der Waals surface area contributed by atoms with Gasteiger partial charge in [-0.1, -0.05) is 42.5 Å². The van der Waals surface area contributed by atoms with Gasteiger partial charge in [-0.15, -0.1) is 0 Å². The van der Waals surface area contributed by atoms with Gasteiger partial charge in [0.05, 0.1) is 40.3 Å². The third-order valence-electron chi connectivity index (χ3n) is 6.30. The number of benzene rings is 3. The second-order valence-electron chi connectivity index (χ2n) is 8.39. The van der Waals surface area contributed by atoms with Gasteiger partial charge in [-0.3, -0.25) is 9.69 Å². The van der Waals surface area contributed by atoms with Crippen molar-refractivity contribution in [2.75, 3.05) is 21.3 Å². The maximum absolute atomic E-state index is 12.9. The van der Waals surface area contributed by atoms with Gasteiger partial charge in [0.15, 0.2) is 0 Å². The van der Waals surface area contributed by atoms with Crippen molar-refractivity contribution < 1.29 is 28.5 Å². The lowest BCUT2D eigenvalue weighted by molar-refractivity contribution is -0.139. The molecule has 35 heavy (non-hydrogen) atoms. The molecule has 1 amide bonds. The summed E-state index contributed by atoms with van der Waals surface area (Å²) < 4.78 is 21.7. The van der Waals surface area contributed by atoms with Crippen LogP contribution in [-0.4, -0.2) is 44.3 Å². The topological polar surface area (TPSA) is 74.3 Å². The van der Waals surface area contributed by atoms with E-state index in [-0.39, 0.29) is 30.6 Å². The number of methoxy groups -OCH3 is 3.